The highest BCUT2D eigenvalue weighted by Crippen LogP contribution is 2.26. The summed E-state index contributed by atoms with van der Waals surface area (Å²) in [4.78, 5) is 23.0. The number of nitrogens with one attached hydrogen (secondary N) is 1. The molecule has 0 aromatic heterocycles. The topological polar surface area (TPSA) is 155 Å². The zero-order valence-corrected chi connectivity index (χ0v) is 19.0. The van der Waals surface area contributed by atoms with Crippen molar-refractivity contribution in [3.63, 3.8) is 0 Å². The van der Waals surface area contributed by atoms with Crippen molar-refractivity contribution in [2.45, 2.75) is 4.90 Å². The van der Waals surface area contributed by atoms with Crippen molar-refractivity contribution in [1.29, 1.82) is 5.26 Å². The molecule has 0 aliphatic carbocycles. The van der Waals surface area contributed by atoms with Crippen LogP contribution in [0.1, 0.15) is 5.56 Å². The second-order valence-electron chi connectivity index (χ2n) is 6.91. The predicted octanol–water partition coefficient (Wildman–Crippen LogP) is 2.84. The molecule has 12 heteroatoms. The maximum Gasteiger partial charge on any atom is 0.271 e. The van der Waals surface area contributed by atoms with E-state index in [1.165, 1.54) is 48.7 Å². The summed E-state index contributed by atoms with van der Waals surface area (Å²) in [6, 6.07) is 20.8. The van der Waals surface area contributed by atoms with E-state index in [2.05, 4.69) is 10.5 Å². The highest BCUT2D eigenvalue weighted by atomic mass is 32.2. The van der Waals surface area contributed by atoms with Crippen molar-refractivity contribution in [3.8, 4) is 11.8 Å². The number of nitriles is 1. The van der Waals surface area contributed by atoms with Crippen molar-refractivity contribution in [3.05, 3.63) is 94.5 Å². The van der Waals surface area contributed by atoms with Crippen molar-refractivity contribution in [2.24, 2.45) is 5.10 Å². The lowest BCUT2D eigenvalue weighted by Crippen LogP contribution is -2.39. The van der Waals surface area contributed by atoms with Crippen LogP contribution in [0.25, 0.3) is 0 Å². The number of non-ortho nitro benzene ring substituents is 1. The molecular weight excluding hydrogens is 474 g/mol. The molecule has 35 heavy (non-hydrogen) atoms. The van der Waals surface area contributed by atoms with E-state index in [1.54, 1.807) is 30.3 Å². The molecule has 0 fully saturated rings. The van der Waals surface area contributed by atoms with Crippen molar-refractivity contribution in [2.75, 3.05) is 17.5 Å². The van der Waals surface area contributed by atoms with Gasteiger partial charge in [-0.15, -0.1) is 0 Å². The third-order valence-electron chi connectivity index (χ3n) is 4.53. The molecule has 3 aromatic carbocycles. The molecule has 0 saturated carbocycles. The van der Waals surface area contributed by atoms with Crippen LogP contribution in [0.2, 0.25) is 0 Å². The van der Waals surface area contributed by atoms with Crippen LogP contribution in [0.4, 0.5) is 11.4 Å². The smallest absolute Gasteiger partial charge is 0.271 e. The van der Waals surface area contributed by atoms with Crippen LogP contribution in [-0.2, 0) is 14.8 Å². The number of nitrogens with zero attached hydrogens (tertiary/aromatic N) is 4. The summed E-state index contributed by atoms with van der Waals surface area (Å²) in [5.41, 5.74) is 2.50. The number of ether oxygens (including phenoxy) is 1. The van der Waals surface area contributed by atoms with Crippen LogP contribution in [0.15, 0.2) is 88.9 Å². The quantitative estimate of drug-likeness (QED) is 0.259. The van der Waals surface area contributed by atoms with Crippen molar-refractivity contribution in [1.82, 2.24) is 5.43 Å². The third kappa shape index (κ3) is 6.62. The summed E-state index contributed by atoms with van der Waals surface area (Å²) in [7, 11) is -4.22. The molecule has 0 aliphatic rings. The van der Waals surface area contributed by atoms with Crippen LogP contribution in [0, 0.1) is 21.4 Å². The predicted molar refractivity (Wildman–Crippen MR) is 127 cm³/mol. The Balaban J connectivity index is 1.79. The first-order valence-corrected chi connectivity index (χ1v) is 11.5. The van der Waals surface area contributed by atoms with Crippen LogP contribution in [0.5, 0.6) is 5.75 Å². The Hall–Kier alpha value is -4.76. The van der Waals surface area contributed by atoms with Gasteiger partial charge in [0.05, 0.1) is 21.7 Å². The van der Waals surface area contributed by atoms with Gasteiger partial charge in [-0.3, -0.25) is 19.2 Å². The Morgan fingerprint density at radius 1 is 1.11 bits per heavy atom. The first-order chi connectivity index (χ1) is 16.8. The van der Waals surface area contributed by atoms with Gasteiger partial charge in [-0.1, -0.05) is 24.3 Å². The molecule has 11 nitrogen and oxygen atoms in total. The zero-order valence-electron chi connectivity index (χ0n) is 18.1. The van der Waals surface area contributed by atoms with Crippen molar-refractivity contribution < 1.29 is 22.9 Å². The molecule has 3 aromatic rings. The average Bonchev–Trinajstić information content (AvgIpc) is 2.87. The Morgan fingerprint density at radius 3 is 2.49 bits per heavy atom. The second-order valence-corrected chi connectivity index (χ2v) is 8.77. The molecule has 0 radical (unpaired) electrons. The van der Waals surface area contributed by atoms with Crippen LogP contribution in [-0.4, -0.2) is 38.6 Å². The molecule has 0 heterocycles. The zero-order chi connectivity index (χ0) is 25.3. The fraction of sp³-hybridized carbons (Fsp3) is 0.0870. The van der Waals surface area contributed by atoms with Gasteiger partial charge in [-0.25, -0.2) is 13.8 Å². The highest BCUT2D eigenvalue weighted by Gasteiger charge is 2.28. The molecule has 3 rings (SSSR count). The highest BCUT2D eigenvalue weighted by molar-refractivity contribution is 7.92. The molecule has 0 saturated heterocycles. The maximum atomic E-state index is 13.3. The number of anilines is 1. The van der Waals surface area contributed by atoms with E-state index in [4.69, 9.17) is 10.00 Å². The first-order valence-electron chi connectivity index (χ1n) is 10.1. The molecule has 1 amide bonds. The minimum absolute atomic E-state index is 0.0462. The summed E-state index contributed by atoms with van der Waals surface area (Å²) in [6.45, 7) is -0.757. The van der Waals surface area contributed by atoms with E-state index in [1.807, 2.05) is 6.07 Å². The average molecular weight is 494 g/mol. The van der Waals surface area contributed by atoms with E-state index in [-0.39, 0.29) is 22.9 Å². The molecule has 0 aliphatic heterocycles. The van der Waals surface area contributed by atoms with E-state index in [0.717, 1.165) is 10.4 Å². The molecule has 0 atom stereocenters. The van der Waals surface area contributed by atoms with E-state index in [0.29, 0.717) is 11.3 Å². The Bertz CT molecular complexity index is 1370. The van der Waals surface area contributed by atoms with Gasteiger partial charge in [-0.2, -0.15) is 10.4 Å². The van der Waals surface area contributed by atoms with Gasteiger partial charge in [0.2, 0.25) is 0 Å². The number of rotatable bonds is 10. The van der Waals surface area contributed by atoms with E-state index < -0.39 is 27.4 Å². The van der Waals surface area contributed by atoms with Gasteiger partial charge in [0.1, 0.15) is 18.4 Å². The van der Waals surface area contributed by atoms with Gasteiger partial charge in [0, 0.05) is 12.1 Å². The summed E-state index contributed by atoms with van der Waals surface area (Å²) < 4.78 is 32.4. The normalized spacial score (nSPS) is 10.9. The lowest BCUT2D eigenvalue weighted by Gasteiger charge is -2.23. The number of sulfonamides is 1. The minimum atomic E-state index is -4.22. The molecule has 178 valence electrons. The molecule has 0 spiro atoms. The summed E-state index contributed by atoms with van der Waals surface area (Å²) in [5.74, 6) is -0.271. The Morgan fingerprint density at radius 2 is 1.83 bits per heavy atom. The van der Waals surface area contributed by atoms with Gasteiger partial charge >= 0.3 is 0 Å². The van der Waals surface area contributed by atoms with Crippen LogP contribution < -0.4 is 14.5 Å². The molecule has 0 unspecified atom stereocenters. The third-order valence-corrected chi connectivity index (χ3v) is 6.32. The van der Waals surface area contributed by atoms with Gasteiger partial charge in [0.15, 0.2) is 6.61 Å². The number of amides is 1. The summed E-state index contributed by atoms with van der Waals surface area (Å²) in [6.07, 6.45) is 1.34. The lowest BCUT2D eigenvalue weighted by atomic mass is 10.2. The van der Waals surface area contributed by atoms with Gasteiger partial charge < -0.3 is 4.74 Å². The van der Waals surface area contributed by atoms with E-state index in [9.17, 15) is 23.3 Å². The number of nitro benzene ring substituents is 1. The Labute approximate surface area is 201 Å². The second kappa shape index (κ2) is 11.4. The molecule has 1 N–H and O–H groups in total. The lowest BCUT2D eigenvalue weighted by molar-refractivity contribution is -0.384. The Kier molecular flexibility index (Phi) is 8.10. The molecular formula is C23H19N5O6S. The number of benzene rings is 3. The van der Waals surface area contributed by atoms with E-state index >= 15 is 0 Å². The summed E-state index contributed by atoms with van der Waals surface area (Å²) >= 11 is 0. The SMILES string of the molecule is N#CCOc1ccc(/C=N/NC(=O)CN(c2cccc([N+](=O)[O-])c2)S(=O)(=O)c2ccccc2)cc1. The fourth-order valence-corrected chi connectivity index (χ4v) is 4.34. The minimum Gasteiger partial charge on any atom is -0.479 e. The van der Waals surface area contributed by atoms with Crippen molar-refractivity contribution >= 4 is 33.5 Å². The summed E-state index contributed by atoms with van der Waals surface area (Å²) in [5, 5.41) is 23.5. The number of nitro groups is 1. The number of hydrogen-bond donors (Lipinski definition) is 1. The number of hydrazone groups is 1. The number of carbonyl (C=O) groups excluding carboxylic acids is 1. The van der Waals surface area contributed by atoms with Crippen LogP contribution >= 0.6 is 0 Å². The number of hydrogen-bond acceptors (Lipinski definition) is 8. The van der Waals surface area contributed by atoms with Gasteiger partial charge in [0.25, 0.3) is 21.6 Å². The number of carbonyl (C=O) groups is 1. The fourth-order valence-electron chi connectivity index (χ4n) is 2.91. The maximum absolute atomic E-state index is 13.3. The largest absolute Gasteiger partial charge is 0.479 e. The molecule has 0 bridgehead atoms. The first kappa shape index (κ1) is 24.9. The van der Waals surface area contributed by atoms with Gasteiger partial charge in [-0.05, 0) is 48.0 Å². The monoisotopic (exact) mass is 493 g/mol. The van der Waals surface area contributed by atoms with Crippen LogP contribution in [0.3, 0.4) is 0 Å². The standard InChI is InChI=1S/C23H19N5O6S/c24-13-14-34-21-11-9-18(10-12-21)16-25-26-23(29)17-27(19-5-4-6-20(15-19)28(30)31)35(32,33)22-7-2-1-3-8-22/h1-12,15-16H,14,17H2,(H,26,29)/b25-16+.